The number of hydrogen-bond acceptors (Lipinski definition) is 4. The summed E-state index contributed by atoms with van der Waals surface area (Å²) in [6.45, 7) is 0. The number of alkyl halides is 3. The fourth-order valence-electron chi connectivity index (χ4n) is 2.89. The zero-order chi connectivity index (χ0) is 17.6. The molecule has 2 aliphatic carbocycles. The molecule has 0 aromatic carbocycles. The van der Waals surface area contributed by atoms with Gasteiger partial charge in [0.2, 0.25) is 5.91 Å². The number of rotatable bonds is 2. The highest BCUT2D eigenvalue weighted by Crippen LogP contribution is 2.25. The first-order valence-corrected chi connectivity index (χ1v) is 7.73. The maximum absolute atomic E-state index is 12.0. The third-order valence-corrected chi connectivity index (χ3v) is 4.23. The van der Waals surface area contributed by atoms with Gasteiger partial charge in [-0.05, 0) is 32.1 Å². The highest BCUT2D eigenvalue weighted by molar-refractivity contribution is 5.79. The molecule has 2 fully saturated rings. The normalized spacial score (nSPS) is 31.0. The molecule has 0 saturated heterocycles. The van der Waals surface area contributed by atoms with Crippen molar-refractivity contribution in [1.82, 2.24) is 5.32 Å². The second kappa shape index (κ2) is 8.49. The standard InChI is InChI=1S/C12H23N3O.C2HF3O2/c13-9-6-5-8(7-9)12(16)15-11-4-2-1-3-10(11)14;3-2(4,5)1(6)7/h8-11H,1-7,13-14H2,(H,15,16);(H,6,7)/t8?,9?,10-,11-;/m0./s1. The Hall–Kier alpha value is -1.35. The van der Waals surface area contributed by atoms with Crippen LogP contribution in [0.4, 0.5) is 13.2 Å². The fraction of sp³-hybridized carbons (Fsp3) is 0.857. The summed E-state index contributed by atoms with van der Waals surface area (Å²) >= 11 is 0. The van der Waals surface area contributed by atoms with E-state index in [0.29, 0.717) is 0 Å². The SMILES string of the molecule is NC1CCC(C(=O)N[C@H]2CCCC[C@@H]2N)C1.O=C(O)C(F)(F)F. The molecular formula is C14H24F3N3O3. The van der Waals surface area contributed by atoms with Crippen molar-refractivity contribution < 1.29 is 27.9 Å². The van der Waals surface area contributed by atoms with Crippen LogP contribution in [0.3, 0.4) is 0 Å². The average Bonchev–Trinajstić information content (AvgIpc) is 2.88. The monoisotopic (exact) mass is 339 g/mol. The minimum absolute atomic E-state index is 0.129. The van der Waals surface area contributed by atoms with Gasteiger partial charge in [-0.25, -0.2) is 4.79 Å². The zero-order valence-electron chi connectivity index (χ0n) is 12.8. The molecule has 4 atom stereocenters. The summed E-state index contributed by atoms with van der Waals surface area (Å²) in [7, 11) is 0. The van der Waals surface area contributed by atoms with Gasteiger partial charge in [0.15, 0.2) is 0 Å². The molecule has 0 aromatic rings. The summed E-state index contributed by atoms with van der Waals surface area (Å²) in [6.07, 6.45) is 2.13. The van der Waals surface area contributed by atoms with E-state index in [1.54, 1.807) is 0 Å². The van der Waals surface area contributed by atoms with Gasteiger partial charge < -0.3 is 21.9 Å². The smallest absolute Gasteiger partial charge is 0.475 e. The number of hydrogen-bond donors (Lipinski definition) is 4. The Morgan fingerprint density at radius 2 is 1.61 bits per heavy atom. The number of halogens is 3. The molecule has 23 heavy (non-hydrogen) atoms. The van der Waals surface area contributed by atoms with Crippen molar-refractivity contribution in [3.05, 3.63) is 0 Å². The molecule has 0 heterocycles. The van der Waals surface area contributed by atoms with Crippen molar-refractivity contribution in [2.24, 2.45) is 17.4 Å². The Labute approximate surface area is 132 Å². The maximum atomic E-state index is 12.0. The minimum atomic E-state index is -5.08. The lowest BCUT2D eigenvalue weighted by Gasteiger charge is -2.30. The van der Waals surface area contributed by atoms with Gasteiger partial charge in [0, 0.05) is 24.0 Å². The number of amides is 1. The molecular weight excluding hydrogens is 315 g/mol. The predicted octanol–water partition coefficient (Wildman–Crippen LogP) is 1.13. The maximum Gasteiger partial charge on any atom is 0.490 e. The Bertz CT molecular complexity index is 418. The molecule has 2 rings (SSSR count). The Kier molecular flexibility index (Phi) is 7.27. The van der Waals surface area contributed by atoms with Crippen molar-refractivity contribution >= 4 is 11.9 Å². The van der Waals surface area contributed by atoms with Gasteiger partial charge in [0.25, 0.3) is 0 Å². The van der Waals surface area contributed by atoms with Gasteiger partial charge in [-0.15, -0.1) is 0 Å². The van der Waals surface area contributed by atoms with Crippen molar-refractivity contribution in [2.45, 2.75) is 69.2 Å². The summed E-state index contributed by atoms with van der Waals surface area (Å²) in [5, 5.41) is 10.2. The van der Waals surface area contributed by atoms with Crippen LogP contribution in [-0.4, -0.2) is 41.3 Å². The molecule has 0 bridgehead atoms. The molecule has 2 unspecified atom stereocenters. The molecule has 6 N–H and O–H groups in total. The van der Waals surface area contributed by atoms with E-state index in [9.17, 15) is 18.0 Å². The van der Waals surface area contributed by atoms with Gasteiger partial charge in [-0.2, -0.15) is 13.2 Å². The number of nitrogens with two attached hydrogens (primary N) is 2. The number of carboxylic acids is 1. The van der Waals surface area contributed by atoms with E-state index in [-0.39, 0.29) is 30.0 Å². The summed E-state index contributed by atoms with van der Waals surface area (Å²) in [4.78, 5) is 20.9. The number of aliphatic carboxylic acids is 1. The van der Waals surface area contributed by atoms with Gasteiger partial charge in [0.05, 0.1) is 0 Å². The van der Waals surface area contributed by atoms with Crippen LogP contribution in [0.5, 0.6) is 0 Å². The Morgan fingerprint density at radius 1 is 1.04 bits per heavy atom. The molecule has 1 amide bonds. The molecule has 2 aliphatic rings. The van der Waals surface area contributed by atoms with E-state index in [1.165, 1.54) is 12.8 Å². The van der Waals surface area contributed by atoms with Gasteiger partial charge >= 0.3 is 12.1 Å². The van der Waals surface area contributed by atoms with E-state index in [2.05, 4.69) is 5.32 Å². The molecule has 134 valence electrons. The second-order valence-electron chi connectivity index (χ2n) is 6.14. The first kappa shape index (κ1) is 19.7. The summed E-state index contributed by atoms with van der Waals surface area (Å²) < 4.78 is 31.7. The van der Waals surface area contributed by atoms with Crippen molar-refractivity contribution in [2.75, 3.05) is 0 Å². The number of carbonyl (C=O) groups excluding carboxylic acids is 1. The van der Waals surface area contributed by atoms with Crippen LogP contribution in [0.1, 0.15) is 44.9 Å². The zero-order valence-corrected chi connectivity index (χ0v) is 12.8. The lowest BCUT2D eigenvalue weighted by molar-refractivity contribution is -0.192. The largest absolute Gasteiger partial charge is 0.490 e. The third-order valence-electron chi connectivity index (χ3n) is 4.23. The third kappa shape index (κ3) is 6.74. The van der Waals surface area contributed by atoms with Crippen LogP contribution in [-0.2, 0) is 9.59 Å². The molecule has 0 radical (unpaired) electrons. The molecule has 2 saturated carbocycles. The lowest BCUT2D eigenvalue weighted by atomic mass is 9.90. The second-order valence-corrected chi connectivity index (χ2v) is 6.14. The van der Waals surface area contributed by atoms with Crippen LogP contribution >= 0.6 is 0 Å². The first-order valence-electron chi connectivity index (χ1n) is 7.73. The minimum Gasteiger partial charge on any atom is -0.475 e. The highest BCUT2D eigenvalue weighted by atomic mass is 19.4. The number of carboxylic acid groups (broad SMARTS) is 1. The highest BCUT2D eigenvalue weighted by Gasteiger charge is 2.38. The summed E-state index contributed by atoms with van der Waals surface area (Å²) in [5.74, 6) is -2.45. The lowest BCUT2D eigenvalue weighted by Crippen LogP contribution is -2.50. The van der Waals surface area contributed by atoms with E-state index >= 15 is 0 Å². The van der Waals surface area contributed by atoms with Gasteiger partial charge in [0.1, 0.15) is 0 Å². The van der Waals surface area contributed by atoms with Crippen LogP contribution in [0, 0.1) is 5.92 Å². The molecule has 0 spiro atoms. The fourth-order valence-corrected chi connectivity index (χ4v) is 2.89. The summed E-state index contributed by atoms with van der Waals surface area (Å²) in [6, 6.07) is 0.557. The first-order chi connectivity index (χ1) is 10.6. The molecule has 0 aliphatic heterocycles. The Balaban J connectivity index is 0.000000322. The average molecular weight is 339 g/mol. The van der Waals surface area contributed by atoms with E-state index in [0.717, 1.165) is 32.1 Å². The molecule has 0 aromatic heterocycles. The van der Waals surface area contributed by atoms with Crippen LogP contribution < -0.4 is 16.8 Å². The topological polar surface area (TPSA) is 118 Å². The Morgan fingerprint density at radius 3 is 2.04 bits per heavy atom. The van der Waals surface area contributed by atoms with Gasteiger partial charge in [-0.3, -0.25) is 4.79 Å². The van der Waals surface area contributed by atoms with Gasteiger partial charge in [-0.1, -0.05) is 12.8 Å². The van der Waals surface area contributed by atoms with Crippen molar-refractivity contribution in [1.29, 1.82) is 0 Å². The van der Waals surface area contributed by atoms with Crippen molar-refractivity contribution in [3.63, 3.8) is 0 Å². The predicted molar refractivity (Wildman–Crippen MR) is 77.4 cm³/mol. The molecule has 6 nitrogen and oxygen atoms in total. The number of nitrogens with one attached hydrogen (secondary N) is 1. The van der Waals surface area contributed by atoms with Crippen LogP contribution in [0.2, 0.25) is 0 Å². The van der Waals surface area contributed by atoms with Crippen LogP contribution in [0.15, 0.2) is 0 Å². The van der Waals surface area contributed by atoms with Crippen molar-refractivity contribution in [3.8, 4) is 0 Å². The van der Waals surface area contributed by atoms with E-state index < -0.39 is 12.1 Å². The molecule has 9 heteroatoms. The quantitative estimate of drug-likeness (QED) is 0.601. The van der Waals surface area contributed by atoms with E-state index in [4.69, 9.17) is 21.4 Å². The van der Waals surface area contributed by atoms with E-state index in [1.807, 2.05) is 0 Å². The van der Waals surface area contributed by atoms with Crippen LogP contribution in [0.25, 0.3) is 0 Å². The summed E-state index contributed by atoms with van der Waals surface area (Å²) in [5.41, 5.74) is 11.8. The number of carbonyl (C=O) groups is 2.